The number of carbonyl (C=O) groups is 3. The number of aromatic hydroxyl groups is 2. The maximum absolute atomic E-state index is 13.7. The molecule has 0 aliphatic rings. The van der Waals surface area contributed by atoms with Crippen molar-refractivity contribution >= 4 is 23.5 Å². The lowest BCUT2D eigenvalue weighted by molar-refractivity contribution is -0.143. The van der Waals surface area contributed by atoms with Crippen molar-refractivity contribution in [2.45, 2.75) is 13.0 Å². The van der Waals surface area contributed by atoms with Crippen molar-refractivity contribution < 1.29 is 34.1 Å². The minimum absolute atomic E-state index is 0.0181. The summed E-state index contributed by atoms with van der Waals surface area (Å²) in [6, 6.07) is 17.2. The van der Waals surface area contributed by atoms with Gasteiger partial charge in [0.1, 0.15) is 18.3 Å². The van der Waals surface area contributed by atoms with Crippen LogP contribution in [0.15, 0.2) is 72.8 Å². The van der Waals surface area contributed by atoms with E-state index in [1.807, 2.05) is 0 Å². The first kappa shape index (κ1) is 25.1. The molecule has 0 aliphatic carbocycles. The zero-order valence-electron chi connectivity index (χ0n) is 19.3. The Morgan fingerprint density at radius 2 is 1.66 bits per heavy atom. The van der Waals surface area contributed by atoms with Crippen LogP contribution < -0.4 is 15.0 Å². The third kappa shape index (κ3) is 6.08. The summed E-state index contributed by atoms with van der Waals surface area (Å²) >= 11 is 0. The van der Waals surface area contributed by atoms with Crippen LogP contribution in [-0.2, 0) is 14.3 Å². The average Bonchev–Trinajstić information content (AvgIpc) is 2.87. The fourth-order valence-electron chi connectivity index (χ4n) is 3.47. The van der Waals surface area contributed by atoms with Gasteiger partial charge in [-0.2, -0.15) is 0 Å². The first-order chi connectivity index (χ1) is 16.8. The number of methoxy groups -OCH3 is 1. The highest BCUT2D eigenvalue weighted by atomic mass is 16.5. The number of carbonyl (C=O) groups excluding carboxylic acids is 3. The van der Waals surface area contributed by atoms with Crippen molar-refractivity contribution in [3.05, 3.63) is 83.9 Å². The van der Waals surface area contributed by atoms with Gasteiger partial charge in [0.2, 0.25) is 5.91 Å². The third-order valence-corrected chi connectivity index (χ3v) is 5.11. The topological polar surface area (TPSA) is 125 Å². The first-order valence-corrected chi connectivity index (χ1v) is 10.8. The number of anilines is 1. The van der Waals surface area contributed by atoms with Crippen LogP contribution in [-0.4, -0.2) is 48.3 Å². The number of benzene rings is 3. The molecule has 3 aromatic carbocycles. The summed E-state index contributed by atoms with van der Waals surface area (Å²) in [4.78, 5) is 40.3. The second kappa shape index (κ2) is 11.6. The van der Waals surface area contributed by atoms with Gasteiger partial charge in [0.25, 0.3) is 5.91 Å². The Morgan fingerprint density at radius 1 is 0.971 bits per heavy atom. The molecule has 2 amide bonds. The van der Waals surface area contributed by atoms with Crippen LogP contribution >= 0.6 is 0 Å². The van der Waals surface area contributed by atoms with Gasteiger partial charge in [0, 0.05) is 11.3 Å². The van der Waals surface area contributed by atoms with E-state index in [4.69, 9.17) is 9.47 Å². The van der Waals surface area contributed by atoms with Gasteiger partial charge in [0.05, 0.1) is 13.7 Å². The summed E-state index contributed by atoms with van der Waals surface area (Å²) in [7, 11) is 1.36. The third-order valence-electron chi connectivity index (χ3n) is 5.11. The van der Waals surface area contributed by atoms with E-state index in [0.717, 1.165) is 0 Å². The molecule has 0 spiro atoms. The molecular weight excluding hydrogens is 452 g/mol. The van der Waals surface area contributed by atoms with Crippen molar-refractivity contribution in [1.29, 1.82) is 0 Å². The van der Waals surface area contributed by atoms with Crippen molar-refractivity contribution in [2.75, 3.05) is 25.2 Å². The lowest BCUT2D eigenvalue weighted by atomic mass is 10.0. The van der Waals surface area contributed by atoms with E-state index in [-0.39, 0.29) is 23.9 Å². The van der Waals surface area contributed by atoms with Crippen LogP contribution in [0.2, 0.25) is 0 Å². The van der Waals surface area contributed by atoms with E-state index in [2.05, 4.69) is 5.32 Å². The van der Waals surface area contributed by atoms with E-state index in [1.165, 1.54) is 54.5 Å². The molecule has 1 unspecified atom stereocenters. The largest absolute Gasteiger partial charge is 0.508 e. The van der Waals surface area contributed by atoms with Gasteiger partial charge in [-0.25, -0.2) is 0 Å². The Hall–Kier alpha value is -4.53. The summed E-state index contributed by atoms with van der Waals surface area (Å²) in [6.07, 6.45) is 0. The normalized spacial score (nSPS) is 11.3. The summed E-state index contributed by atoms with van der Waals surface area (Å²) in [6.45, 7) is 1.40. The molecule has 3 rings (SSSR count). The average molecular weight is 479 g/mol. The predicted octanol–water partition coefficient (Wildman–Crippen LogP) is 3.17. The molecule has 3 aromatic rings. The SMILES string of the molecule is CCOC(=O)CNC(=O)C(c1ccc(O)c(OC)c1)N(C(=O)c1ccccc1)c1ccc(O)cc1. The van der Waals surface area contributed by atoms with Crippen molar-refractivity contribution in [3.8, 4) is 17.2 Å². The number of ether oxygens (including phenoxy) is 2. The van der Waals surface area contributed by atoms with E-state index in [0.29, 0.717) is 16.8 Å². The zero-order valence-corrected chi connectivity index (χ0v) is 19.3. The Labute approximate surface area is 202 Å². The number of phenolic OH excluding ortho intramolecular Hbond substituents is 2. The number of hydrogen-bond acceptors (Lipinski definition) is 7. The van der Waals surface area contributed by atoms with Crippen LogP contribution in [0, 0.1) is 0 Å². The molecule has 0 fully saturated rings. The van der Waals surface area contributed by atoms with Gasteiger partial charge in [-0.15, -0.1) is 0 Å². The molecule has 182 valence electrons. The highest BCUT2D eigenvalue weighted by Crippen LogP contribution is 2.35. The molecule has 0 aliphatic heterocycles. The standard InChI is InChI=1S/C26H26N2O7/c1-3-35-23(31)16-27-25(32)24(18-9-14-21(30)22(15-18)34-2)28(19-10-12-20(29)13-11-19)26(33)17-7-5-4-6-8-17/h4-15,24,29-30H,3,16H2,1-2H3,(H,27,32). The van der Waals surface area contributed by atoms with Crippen LogP contribution in [0.5, 0.6) is 17.2 Å². The lowest BCUT2D eigenvalue weighted by Crippen LogP contribution is -2.45. The van der Waals surface area contributed by atoms with E-state index >= 15 is 0 Å². The Kier molecular flexibility index (Phi) is 8.29. The first-order valence-electron chi connectivity index (χ1n) is 10.8. The molecule has 9 nitrogen and oxygen atoms in total. The lowest BCUT2D eigenvalue weighted by Gasteiger charge is -2.32. The molecule has 35 heavy (non-hydrogen) atoms. The number of phenols is 2. The summed E-state index contributed by atoms with van der Waals surface area (Å²) in [5.74, 6) is -1.86. The predicted molar refractivity (Wildman–Crippen MR) is 128 cm³/mol. The summed E-state index contributed by atoms with van der Waals surface area (Å²) in [5.41, 5.74) is 0.952. The quantitative estimate of drug-likeness (QED) is 0.403. The molecule has 0 radical (unpaired) electrons. The second-order valence-corrected chi connectivity index (χ2v) is 7.41. The Bertz CT molecular complexity index is 1180. The smallest absolute Gasteiger partial charge is 0.325 e. The minimum atomic E-state index is -1.27. The second-order valence-electron chi connectivity index (χ2n) is 7.41. The van der Waals surface area contributed by atoms with Gasteiger partial charge in [-0.1, -0.05) is 24.3 Å². The molecule has 0 heterocycles. The number of nitrogens with one attached hydrogen (secondary N) is 1. The van der Waals surface area contributed by atoms with Crippen LogP contribution in [0.25, 0.3) is 0 Å². The summed E-state index contributed by atoms with van der Waals surface area (Å²) in [5, 5.41) is 22.4. The molecule has 0 saturated carbocycles. The highest BCUT2D eigenvalue weighted by Gasteiger charge is 2.34. The van der Waals surface area contributed by atoms with Crippen LogP contribution in [0.4, 0.5) is 5.69 Å². The maximum atomic E-state index is 13.7. The minimum Gasteiger partial charge on any atom is -0.508 e. The van der Waals surface area contributed by atoms with Gasteiger partial charge < -0.3 is 25.0 Å². The van der Waals surface area contributed by atoms with Crippen molar-refractivity contribution in [3.63, 3.8) is 0 Å². The molecule has 1 atom stereocenters. The molecule has 0 aromatic heterocycles. The van der Waals surface area contributed by atoms with Crippen molar-refractivity contribution in [1.82, 2.24) is 5.32 Å². The zero-order chi connectivity index (χ0) is 25.4. The Balaban J connectivity index is 2.14. The molecule has 3 N–H and O–H groups in total. The van der Waals surface area contributed by atoms with Crippen molar-refractivity contribution in [2.24, 2.45) is 0 Å². The number of hydrogen-bond donors (Lipinski definition) is 3. The fraction of sp³-hybridized carbons (Fsp3) is 0.192. The number of nitrogens with zero attached hydrogens (tertiary/aromatic N) is 1. The van der Waals surface area contributed by atoms with E-state index < -0.39 is 30.4 Å². The van der Waals surface area contributed by atoms with Gasteiger partial charge in [-0.05, 0) is 61.0 Å². The Morgan fingerprint density at radius 3 is 2.29 bits per heavy atom. The van der Waals surface area contributed by atoms with Gasteiger partial charge >= 0.3 is 5.97 Å². The van der Waals surface area contributed by atoms with Gasteiger partial charge in [0.15, 0.2) is 11.5 Å². The molecule has 0 bridgehead atoms. The van der Waals surface area contributed by atoms with Gasteiger partial charge in [-0.3, -0.25) is 19.3 Å². The number of amides is 2. The fourth-order valence-corrected chi connectivity index (χ4v) is 3.47. The number of esters is 1. The van der Waals surface area contributed by atoms with E-state index in [1.54, 1.807) is 37.3 Å². The van der Waals surface area contributed by atoms with Crippen LogP contribution in [0.3, 0.4) is 0 Å². The molecule has 0 saturated heterocycles. The van der Waals surface area contributed by atoms with Crippen LogP contribution in [0.1, 0.15) is 28.9 Å². The number of rotatable bonds is 9. The molecule has 9 heteroatoms. The monoisotopic (exact) mass is 478 g/mol. The highest BCUT2D eigenvalue weighted by molar-refractivity contribution is 6.10. The van der Waals surface area contributed by atoms with E-state index in [9.17, 15) is 24.6 Å². The summed E-state index contributed by atoms with van der Waals surface area (Å²) < 4.78 is 10.1. The molecular formula is C26H26N2O7. The maximum Gasteiger partial charge on any atom is 0.325 e.